The van der Waals surface area contributed by atoms with Crippen LogP contribution in [0.3, 0.4) is 0 Å². The first-order valence-electron chi connectivity index (χ1n) is 5.84. The molecule has 0 aliphatic heterocycles. The fraction of sp³-hybridized carbons (Fsp3) is 0.154. The summed E-state index contributed by atoms with van der Waals surface area (Å²) in [4.78, 5) is 15.6. The van der Waals surface area contributed by atoms with Crippen LogP contribution in [0.5, 0.6) is 0 Å². The zero-order valence-corrected chi connectivity index (χ0v) is 10.2. The highest BCUT2D eigenvalue weighted by Gasteiger charge is 2.14. The van der Waals surface area contributed by atoms with Gasteiger partial charge in [0.1, 0.15) is 6.26 Å². The van der Waals surface area contributed by atoms with Crippen LogP contribution in [0.1, 0.15) is 17.4 Å². The van der Waals surface area contributed by atoms with Crippen molar-refractivity contribution in [1.82, 2.24) is 14.6 Å². The lowest BCUT2D eigenvalue weighted by Gasteiger charge is -1.97. The number of pyridine rings is 1. The van der Waals surface area contributed by atoms with E-state index < -0.39 is 5.97 Å². The van der Waals surface area contributed by atoms with Gasteiger partial charge in [-0.2, -0.15) is 5.10 Å². The number of nitrogens with zero attached hydrogens (tertiary/aromatic N) is 3. The number of fused-ring (bicyclic) bond motifs is 1. The lowest BCUT2D eigenvalue weighted by atomic mass is 10.2. The molecular formula is C13H11N3O3. The van der Waals surface area contributed by atoms with Gasteiger partial charge in [0, 0.05) is 18.0 Å². The predicted octanol–water partition coefficient (Wildman–Crippen LogP) is 2.17. The summed E-state index contributed by atoms with van der Waals surface area (Å²) in [5.74, 6) is -0.102. The van der Waals surface area contributed by atoms with Gasteiger partial charge in [-0.05, 0) is 25.1 Å². The highest BCUT2D eigenvalue weighted by Crippen LogP contribution is 2.20. The summed E-state index contributed by atoms with van der Waals surface area (Å²) in [6, 6.07) is 5.58. The van der Waals surface area contributed by atoms with Crippen molar-refractivity contribution in [1.29, 1.82) is 0 Å². The Morgan fingerprint density at radius 3 is 3.21 bits per heavy atom. The topological polar surface area (TPSA) is 69.6 Å². The highest BCUT2D eigenvalue weighted by molar-refractivity contribution is 5.87. The fourth-order valence-electron chi connectivity index (χ4n) is 1.76. The van der Waals surface area contributed by atoms with Crippen LogP contribution >= 0.6 is 0 Å². The van der Waals surface area contributed by atoms with Gasteiger partial charge < -0.3 is 9.15 Å². The van der Waals surface area contributed by atoms with E-state index in [1.807, 2.05) is 18.2 Å². The zero-order valence-electron chi connectivity index (χ0n) is 10.2. The molecule has 0 fully saturated rings. The number of rotatable bonds is 3. The molecule has 6 nitrogen and oxygen atoms in total. The minimum atomic E-state index is -0.483. The van der Waals surface area contributed by atoms with Gasteiger partial charge >= 0.3 is 5.97 Å². The van der Waals surface area contributed by atoms with E-state index in [1.54, 1.807) is 23.8 Å². The minimum Gasteiger partial charge on any atom is -0.461 e. The summed E-state index contributed by atoms with van der Waals surface area (Å²) >= 11 is 0. The number of hydrogen-bond donors (Lipinski definition) is 0. The molecule has 3 heterocycles. The van der Waals surface area contributed by atoms with Gasteiger partial charge in [0.2, 0.25) is 5.89 Å². The summed E-state index contributed by atoms with van der Waals surface area (Å²) in [7, 11) is 0. The average Bonchev–Trinajstić information content (AvgIpc) is 3.07. The Bertz CT molecular complexity index is 729. The molecule has 0 spiro atoms. The van der Waals surface area contributed by atoms with Gasteiger partial charge in [-0.3, -0.25) is 0 Å². The number of esters is 1. The molecule has 0 aliphatic carbocycles. The standard InChI is InChI=1S/C13H11N3O3/c1-2-18-13(17)11-8-19-12(15-11)9-4-6-16-10(7-9)3-5-14-16/h3-8H,2H2,1H3. The zero-order chi connectivity index (χ0) is 13.2. The van der Waals surface area contributed by atoms with E-state index in [0.29, 0.717) is 12.5 Å². The molecule has 96 valence electrons. The molecule has 3 aromatic heterocycles. The van der Waals surface area contributed by atoms with Crippen LogP contribution in [-0.4, -0.2) is 27.2 Å². The van der Waals surface area contributed by atoms with Gasteiger partial charge in [0.05, 0.1) is 12.1 Å². The second kappa shape index (κ2) is 4.56. The molecule has 3 aromatic rings. The van der Waals surface area contributed by atoms with E-state index in [-0.39, 0.29) is 5.69 Å². The molecule has 0 bridgehead atoms. The van der Waals surface area contributed by atoms with Gasteiger partial charge in [-0.15, -0.1) is 0 Å². The van der Waals surface area contributed by atoms with Crippen molar-refractivity contribution >= 4 is 11.5 Å². The minimum absolute atomic E-state index is 0.172. The molecule has 0 saturated heterocycles. The first kappa shape index (κ1) is 11.5. The molecule has 0 unspecified atom stereocenters. The number of carbonyl (C=O) groups excluding carboxylic acids is 1. The van der Waals surface area contributed by atoms with Crippen LogP contribution in [0.15, 0.2) is 41.3 Å². The van der Waals surface area contributed by atoms with Crippen molar-refractivity contribution in [3.8, 4) is 11.5 Å². The van der Waals surface area contributed by atoms with Crippen molar-refractivity contribution in [2.45, 2.75) is 6.92 Å². The van der Waals surface area contributed by atoms with E-state index >= 15 is 0 Å². The molecule has 0 amide bonds. The maximum atomic E-state index is 11.5. The Labute approximate surface area is 108 Å². The summed E-state index contributed by atoms with van der Waals surface area (Å²) in [5.41, 5.74) is 1.88. The van der Waals surface area contributed by atoms with Crippen LogP contribution in [0.4, 0.5) is 0 Å². The number of carbonyl (C=O) groups is 1. The smallest absolute Gasteiger partial charge is 0.360 e. The van der Waals surface area contributed by atoms with Gasteiger partial charge in [-0.25, -0.2) is 14.3 Å². The number of aromatic nitrogens is 3. The lowest BCUT2D eigenvalue weighted by molar-refractivity contribution is 0.0519. The van der Waals surface area contributed by atoms with E-state index in [2.05, 4.69) is 10.1 Å². The number of hydrogen-bond acceptors (Lipinski definition) is 5. The molecule has 0 aromatic carbocycles. The van der Waals surface area contributed by atoms with Crippen molar-refractivity contribution < 1.29 is 13.9 Å². The summed E-state index contributed by atoms with van der Waals surface area (Å²) in [5, 5.41) is 4.10. The van der Waals surface area contributed by atoms with Crippen molar-refractivity contribution in [3.63, 3.8) is 0 Å². The first-order valence-corrected chi connectivity index (χ1v) is 5.84. The molecule has 0 aliphatic rings. The van der Waals surface area contributed by atoms with Crippen LogP contribution < -0.4 is 0 Å². The van der Waals surface area contributed by atoms with Crippen molar-refractivity contribution in [2.24, 2.45) is 0 Å². The monoisotopic (exact) mass is 257 g/mol. The van der Waals surface area contributed by atoms with Crippen LogP contribution in [0, 0.1) is 0 Å². The third-order valence-electron chi connectivity index (χ3n) is 2.64. The molecule has 6 heteroatoms. The normalized spacial score (nSPS) is 10.8. The predicted molar refractivity (Wildman–Crippen MR) is 66.6 cm³/mol. The number of ether oxygens (including phenoxy) is 1. The summed E-state index contributed by atoms with van der Waals surface area (Å²) < 4.78 is 11.9. The summed E-state index contributed by atoms with van der Waals surface area (Å²) in [6.45, 7) is 2.05. The Balaban J connectivity index is 1.95. The van der Waals surface area contributed by atoms with E-state index in [1.165, 1.54) is 6.26 Å². The van der Waals surface area contributed by atoms with Crippen molar-refractivity contribution in [3.05, 3.63) is 42.5 Å². The second-order valence-corrected chi connectivity index (χ2v) is 3.87. The molecule has 0 radical (unpaired) electrons. The van der Waals surface area contributed by atoms with E-state index in [4.69, 9.17) is 9.15 Å². The van der Waals surface area contributed by atoms with Crippen molar-refractivity contribution in [2.75, 3.05) is 6.61 Å². The lowest BCUT2D eigenvalue weighted by Crippen LogP contribution is -2.04. The Hall–Kier alpha value is -2.63. The Morgan fingerprint density at radius 1 is 1.47 bits per heavy atom. The summed E-state index contributed by atoms with van der Waals surface area (Å²) in [6.07, 6.45) is 4.81. The maximum Gasteiger partial charge on any atom is 0.360 e. The van der Waals surface area contributed by atoms with Gasteiger partial charge in [0.15, 0.2) is 5.69 Å². The SMILES string of the molecule is CCOC(=O)c1coc(-c2ccn3nccc3c2)n1. The van der Waals surface area contributed by atoms with Crippen LogP contribution in [0.2, 0.25) is 0 Å². The van der Waals surface area contributed by atoms with Crippen LogP contribution in [0.25, 0.3) is 17.0 Å². The van der Waals surface area contributed by atoms with E-state index in [0.717, 1.165) is 11.1 Å². The molecule has 19 heavy (non-hydrogen) atoms. The van der Waals surface area contributed by atoms with Gasteiger partial charge in [-0.1, -0.05) is 0 Å². The van der Waals surface area contributed by atoms with Crippen LogP contribution in [-0.2, 0) is 4.74 Å². The number of oxazole rings is 1. The molecule has 3 rings (SSSR count). The Kier molecular flexibility index (Phi) is 2.75. The third-order valence-corrected chi connectivity index (χ3v) is 2.64. The quantitative estimate of drug-likeness (QED) is 0.672. The largest absolute Gasteiger partial charge is 0.461 e. The Morgan fingerprint density at radius 2 is 2.37 bits per heavy atom. The van der Waals surface area contributed by atoms with Gasteiger partial charge in [0.25, 0.3) is 0 Å². The molecule has 0 atom stereocenters. The molecule has 0 saturated carbocycles. The second-order valence-electron chi connectivity index (χ2n) is 3.87. The highest BCUT2D eigenvalue weighted by atomic mass is 16.5. The van der Waals surface area contributed by atoms with E-state index in [9.17, 15) is 4.79 Å². The fourth-order valence-corrected chi connectivity index (χ4v) is 1.76. The molecule has 0 N–H and O–H groups in total. The molecular weight excluding hydrogens is 246 g/mol. The average molecular weight is 257 g/mol. The first-order chi connectivity index (χ1) is 9.28. The third kappa shape index (κ3) is 2.08. The maximum absolute atomic E-state index is 11.5.